The minimum Gasteiger partial charge on any atom is -0.506 e. The van der Waals surface area contributed by atoms with E-state index in [4.69, 9.17) is 16.0 Å². The van der Waals surface area contributed by atoms with Crippen LogP contribution in [-0.2, 0) is 0 Å². The molecular weight excluding hydrogens is 384 g/mol. The van der Waals surface area contributed by atoms with Crippen molar-refractivity contribution in [1.29, 1.82) is 0 Å². The van der Waals surface area contributed by atoms with Crippen molar-refractivity contribution >= 4 is 28.3 Å². The summed E-state index contributed by atoms with van der Waals surface area (Å²) in [4.78, 5) is 27.0. The van der Waals surface area contributed by atoms with Crippen LogP contribution in [0.15, 0.2) is 70.0 Å². The van der Waals surface area contributed by atoms with Gasteiger partial charge in [0.1, 0.15) is 16.9 Å². The fourth-order valence-electron chi connectivity index (χ4n) is 2.89. The molecule has 0 unspecified atom stereocenters. The molecule has 0 fully saturated rings. The predicted molar refractivity (Wildman–Crippen MR) is 104 cm³/mol. The van der Waals surface area contributed by atoms with Crippen molar-refractivity contribution in [2.75, 3.05) is 0 Å². The second kappa shape index (κ2) is 6.79. The first-order valence-corrected chi connectivity index (χ1v) is 8.48. The second-order valence-corrected chi connectivity index (χ2v) is 6.43. The van der Waals surface area contributed by atoms with Crippen LogP contribution in [0.5, 0.6) is 5.75 Å². The van der Waals surface area contributed by atoms with Gasteiger partial charge in [-0.05, 0) is 29.8 Å². The third-order valence-corrected chi connectivity index (χ3v) is 4.49. The van der Waals surface area contributed by atoms with Crippen LogP contribution in [0.2, 0.25) is 5.02 Å². The van der Waals surface area contributed by atoms with Gasteiger partial charge in [-0.25, -0.2) is 4.79 Å². The summed E-state index contributed by atoms with van der Waals surface area (Å²) in [5.74, 6) is -0.419. The monoisotopic (exact) mass is 394 g/mol. The van der Waals surface area contributed by atoms with E-state index < -0.39 is 16.3 Å². The number of benzene rings is 2. The van der Waals surface area contributed by atoms with Gasteiger partial charge in [-0.15, -0.1) is 0 Å². The SMILES string of the molecule is O=c1oc2ccc([N+](=O)[O-])cc2c(O)c1-c1ccc(-c2cccc(Cl)c2)cn1. The molecular formula is C20H11ClN2O5. The third-order valence-electron chi connectivity index (χ3n) is 4.25. The number of nitro groups is 1. The Kier molecular flexibility index (Phi) is 4.29. The van der Waals surface area contributed by atoms with Crippen LogP contribution < -0.4 is 5.63 Å². The summed E-state index contributed by atoms with van der Waals surface area (Å²) in [7, 11) is 0. The number of halogens is 1. The molecule has 0 saturated heterocycles. The molecule has 0 aliphatic carbocycles. The molecule has 0 spiro atoms. The summed E-state index contributed by atoms with van der Waals surface area (Å²) in [6.07, 6.45) is 1.54. The van der Waals surface area contributed by atoms with Crippen molar-refractivity contribution in [1.82, 2.24) is 4.98 Å². The van der Waals surface area contributed by atoms with Gasteiger partial charge >= 0.3 is 5.63 Å². The predicted octanol–water partition coefficient (Wildman–Crippen LogP) is 4.79. The Bertz CT molecular complexity index is 1280. The largest absolute Gasteiger partial charge is 0.506 e. The zero-order valence-electron chi connectivity index (χ0n) is 14.1. The number of non-ortho nitro benzene ring substituents is 1. The van der Waals surface area contributed by atoms with E-state index in [-0.39, 0.29) is 27.9 Å². The van der Waals surface area contributed by atoms with Crippen molar-refractivity contribution in [3.8, 4) is 28.1 Å². The number of nitrogens with zero attached hydrogens (tertiary/aromatic N) is 2. The Morgan fingerprint density at radius 1 is 1.07 bits per heavy atom. The van der Waals surface area contributed by atoms with Crippen LogP contribution in [0, 0.1) is 10.1 Å². The fourth-order valence-corrected chi connectivity index (χ4v) is 3.08. The smallest absolute Gasteiger partial charge is 0.349 e. The van der Waals surface area contributed by atoms with Crippen molar-refractivity contribution in [2.24, 2.45) is 0 Å². The number of hydrogen-bond donors (Lipinski definition) is 1. The molecule has 0 radical (unpaired) electrons. The topological polar surface area (TPSA) is 106 Å². The van der Waals surface area contributed by atoms with Gasteiger partial charge in [0.25, 0.3) is 5.69 Å². The maximum absolute atomic E-state index is 12.4. The van der Waals surface area contributed by atoms with E-state index in [9.17, 15) is 20.0 Å². The molecule has 0 aliphatic rings. The minimum absolute atomic E-state index is 0.0485. The number of nitro benzene ring substituents is 1. The molecule has 1 N–H and O–H groups in total. The van der Waals surface area contributed by atoms with E-state index >= 15 is 0 Å². The van der Waals surface area contributed by atoms with Crippen molar-refractivity contribution in [3.63, 3.8) is 0 Å². The summed E-state index contributed by atoms with van der Waals surface area (Å²) < 4.78 is 5.20. The van der Waals surface area contributed by atoms with Crippen LogP contribution in [-0.4, -0.2) is 15.0 Å². The summed E-state index contributed by atoms with van der Waals surface area (Å²) in [5, 5.41) is 22.2. The number of hydrogen-bond acceptors (Lipinski definition) is 6. The van der Waals surface area contributed by atoms with Crippen LogP contribution in [0.1, 0.15) is 0 Å². The molecule has 2 aromatic heterocycles. The van der Waals surface area contributed by atoms with Gasteiger partial charge in [-0.1, -0.05) is 29.8 Å². The first-order valence-electron chi connectivity index (χ1n) is 8.10. The third kappa shape index (κ3) is 3.08. The van der Waals surface area contributed by atoms with Crippen molar-refractivity contribution in [2.45, 2.75) is 0 Å². The Balaban J connectivity index is 1.84. The molecule has 0 saturated carbocycles. The van der Waals surface area contributed by atoms with E-state index in [1.807, 2.05) is 12.1 Å². The Hall–Kier alpha value is -3.71. The van der Waals surface area contributed by atoms with Crippen LogP contribution in [0.4, 0.5) is 5.69 Å². The van der Waals surface area contributed by atoms with Gasteiger partial charge in [0.05, 0.1) is 16.0 Å². The Morgan fingerprint density at radius 2 is 1.89 bits per heavy atom. The number of pyridine rings is 1. The molecule has 4 aromatic rings. The quantitative estimate of drug-likeness (QED) is 0.304. The average molecular weight is 395 g/mol. The lowest BCUT2D eigenvalue weighted by atomic mass is 10.1. The lowest BCUT2D eigenvalue weighted by Crippen LogP contribution is -2.05. The Labute approximate surface area is 162 Å². The molecule has 0 amide bonds. The highest BCUT2D eigenvalue weighted by Gasteiger charge is 2.19. The normalized spacial score (nSPS) is 10.9. The molecule has 2 aromatic carbocycles. The molecule has 28 heavy (non-hydrogen) atoms. The highest BCUT2D eigenvalue weighted by atomic mass is 35.5. The lowest BCUT2D eigenvalue weighted by molar-refractivity contribution is -0.384. The van der Waals surface area contributed by atoms with Gasteiger partial charge in [0.15, 0.2) is 0 Å². The summed E-state index contributed by atoms with van der Waals surface area (Å²) >= 11 is 6.00. The second-order valence-electron chi connectivity index (χ2n) is 5.99. The summed E-state index contributed by atoms with van der Waals surface area (Å²) in [5.41, 5.74) is 0.667. The van der Waals surface area contributed by atoms with Crippen molar-refractivity contribution < 1.29 is 14.4 Å². The highest BCUT2D eigenvalue weighted by Crippen LogP contribution is 2.34. The van der Waals surface area contributed by atoms with E-state index in [1.54, 1.807) is 24.3 Å². The van der Waals surface area contributed by atoms with E-state index in [0.29, 0.717) is 5.02 Å². The molecule has 7 nitrogen and oxygen atoms in total. The number of aromatic hydroxyl groups is 1. The molecule has 0 aliphatic heterocycles. The maximum Gasteiger partial charge on any atom is 0.349 e. The van der Waals surface area contributed by atoms with Gasteiger partial charge in [-0.3, -0.25) is 15.1 Å². The summed E-state index contributed by atoms with van der Waals surface area (Å²) in [6.45, 7) is 0. The Morgan fingerprint density at radius 3 is 2.57 bits per heavy atom. The van der Waals surface area contributed by atoms with Crippen LogP contribution in [0.3, 0.4) is 0 Å². The first-order chi connectivity index (χ1) is 13.4. The van der Waals surface area contributed by atoms with Gasteiger partial charge in [-0.2, -0.15) is 0 Å². The minimum atomic E-state index is -0.790. The van der Waals surface area contributed by atoms with E-state index in [2.05, 4.69) is 4.98 Å². The highest BCUT2D eigenvalue weighted by molar-refractivity contribution is 6.30. The molecule has 0 bridgehead atoms. The van der Waals surface area contributed by atoms with Crippen LogP contribution >= 0.6 is 11.6 Å². The lowest BCUT2D eigenvalue weighted by Gasteiger charge is -2.07. The zero-order chi connectivity index (χ0) is 19.8. The molecule has 4 rings (SSSR count). The maximum atomic E-state index is 12.4. The molecule has 138 valence electrons. The van der Waals surface area contributed by atoms with Crippen molar-refractivity contribution in [3.05, 3.63) is 86.4 Å². The van der Waals surface area contributed by atoms with E-state index in [1.165, 1.54) is 18.3 Å². The molecule has 2 heterocycles. The number of aromatic nitrogens is 1. The fraction of sp³-hybridized carbons (Fsp3) is 0. The molecule has 0 atom stereocenters. The number of rotatable bonds is 3. The van der Waals surface area contributed by atoms with Gasteiger partial charge < -0.3 is 9.52 Å². The standard InChI is InChI=1S/C20H11ClN2O5/c21-13-3-1-2-11(8-13)12-4-6-16(22-10-12)18-19(24)15-9-14(23(26)27)5-7-17(15)28-20(18)25/h1-10,24H. The van der Waals surface area contributed by atoms with Gasteiger partial charge in [0, 0.05) is 28.9 Å². The zero-order valence-corrected chi connectivity index (χ0v) is 14.9. The average Bonchev–Trinajstić information content (AvgIpc) is 2.68. The number of fused-ring (bicyclic) bond motifs is 1. The van der Waals surface area contributed by atoms with Crippen LogP contribution in [0.25, 0.3) is 33.4 Å². The first kappa shape index (κ1) is 17.7. The van der Waals surface area contributed by atoms with Gasteiger partial charge in [0.2, 0.25) is 0 Å². The molecule has 8 heteroatoms. The summed E-state index contributed by atoms with van der Waals surface area (Å²) in [6, 6.07) is 14.1. The van der Waals surface area contributed by atoms with E-state index in [0.717, 1.165) is 17.2 Å².